The highest BCUT2D eigenvalue weighted by Crippen LogP contribution is 1.97. The van der Waals surface area contributed by atoms with E-state index in [4.69, 9.17) is 24.5 Å². The predicted octanol–water partition coefficient (Wildman–Crippen LogP) is -0.850. The zero-order valence-corrected chi connectivity index (χ0v) is 7.32. The lowest BCUT2D eigenvalue weighted by molar-refractivity contribution is -0.159. The number of hydrogen-bond donors (Lipinski definition) is 3. The number of carboxylic acid groups (broad SMARTS) is 2. The van der Waals surface area contributed by atoms with Crippen molar-refractivity contribution in [3.05, 3.63) is 0 Å². The molecule has 0 atom stereocenters. The van der Waals surface area contributed by atoms with Gasteiger partial charge in [0.05, 0.1) is 19.3 Å². The lowest BCUT2D eigenvalue weighted by Gasteiger charge is -2.26. The molecular weight excluding hydrogens is 178 g/mol. The molecule has 6 heteroatoms. The summed E-state index contributed by atoms with van der Waals surface area (Å²) >= 11 is 0. The minimum Gasteiger partial charge on any atom is -0.473 e. The van der Waals surface area contributed by atoms with Gasteiger partial charge in [-0.05, 0) is 6.54 Å². The highest BCUT2D eigenvalue weighted by Gasteiger charge is 2.15. The first-order valence-electron chi connectivity index (χ1n) is 3.85. The minimum atomic E-state index is -1.82. The first-order valence-corrected chi connectivity index (χ1v) is 3.85. The molecule has 0 aromatic heterocycles. The number of rotatable bonds is 2. The summed E-state index contributed by atoms with van der Waals surface area (Å²) in [7, 11) is 0. The Morgan fingerprint density at radius 3 is 1.92 bits per heavy atom. The van der Waals surface area contributed by atoms with E-state index in [0.717, 1.165) is 19.8 Å². The number of aliphatic carboxylic acids is 2. The number of carboxylic acids is 2. The zero-order valence-electron chi connectivity index (χ0n) is 7.32. The van der Waals surface area contributed by atoms with E-state index in [2.05, 4.69) is 12.2 Å². The number of ether oxygens (including phenoxy) is 1. The van der Waals surface area contributed by atoms with Crippen LogP contribution in [-0.4, -0.2) is 48.0 Å². The van der Waals surface area contributed by atoms with E-state index < -0.39 is 11.9 Å². The summed E-state index contributed by atoms with van der Waals surface area (Å²) in [5.74, 6) is -3.65. The summed E-state index contributed by atoms with van der Waals surface area (Å²) < 4.78 is 4.92. The number of hydrogen-bond acceptors (Lipinski definition) is 4. The first kappa shape index (κ1) is 11.9. The van der Waals surface area contributed by atoms with Gasteiger partial charge in [0.25, 0.3) is 0 Å². The Hall–Kier alpha value is -1.14. The number of likely N-dealkylation sites (N-methyl/N-ethyl adjacent to an activating group) is 1. The maximum atomic E-state index is 9.10. The van der Waals surface area contributed by atoms with Gasteiger partial charge in [0.2, 0.25) is 0 Å². The fourth-order valence-electron chi connectivity index (χ4n) is 0.642. The molecular formula is C7H13NO5. The van der Waals surface area contributed by atoms with Crippen LogP contribution in [0.4, 0.5) is 0 Å². The molecule has 1 fully saturated rings. The molecule has 6 nitrogen and oxygen atoms in total. The van der Waals surface area contributed by atoms with Crippen LogP contribution in [0.5, 0.6) is 0 Å². The Morgan fingerprint density at radius 1 is 1.38 bits per heavy atom. The maximum Gasteiger partial charge on any atom is 0.414 e. The van der Waals surface area contributed by atoms with Crippen molar-refractivity contribution in [3.8, 4) is 0 Å². The zero-order chi connectivity index (χ0) is 10.3. The van der Waals surface area contributed by atoms with Crippen LogP contribution in [-0.2, 0) is 14.3 Å². The van der Waals surface area contributed by atoms with Gasteiger partial charge in [0.1, 0.15) is 0 Å². The van der Waals surface area contributed by atoms with E-state index in [9.17, 15) is 0 Å². The molecule has 1 aliphatic heterocycles. The molecule has 0 aromatic carbocycles. The molecule has 76 valence electrons. The molecule has 0 amide bonds. The van der Waals surface area contributed by atoms with E-state index in [0.29, 0.717) is 6.04 Å². The van der Waals surface area contributed by atoms with Gasteiger partial charge in [-0.3, -0.25) is 0 Å². The van der Waals surface area contributed by atoms with Gasteiger partial charge in [0, 0.05) is 0 Å². The number of nitrogens with one attached hydrogen (secondary N) is 1. The van der Waals surface area contributed by atoms with Gasteiger partial charge >= 0.3 is 11.9 Å². The summed E-state index contributed by atoms with van der Waals surface area (Å²) in [5, 5.41) is 18.0. The second-order valence-electron chi connectivity index (χ2n) is 2.40. The molecule has 0 spiro atoms. The van der Waals surface area contributed by atoms with Crippen molar-refractivity contribution in [2.75, 3.05) is 19.8 Å². The summed E-state index contributed by atoms with van der Waals surface area (Å²) in [6.45, 7) is 4.99. The third-order valence-corrected chi connectivity index (χ3v) is 1.31. The quantitative estimate of drug-likeness (QED) is 0.492. The highest BCUT2D eigenvalue weighted by molar-refractivity contribution is 6.27. The summed E-state index contributed by atoms with van der Waals surface area (Å²) in [5.41, 5.74) is 0. The second kappa shape index (κ2) is 6.38. The van der Waals surface area contributed by atoms with Crippen LogP contribution in [0, 0.1) is 0 Å². The largest absolute Gasteiger partial charge is 0.473 e. The Morgan fingerprint density at radius 2 is 1.85 bits per heavy atom. The van der Waals surface area contributed by atoms with Crippen molar-refractivity contribution in [3.63, 3.8) is 0 Å². The topological polar surface area (TPSA) is 95.9 Å². The fourth-order valence-corrected chi connectivity index (χ4v) is 0.642. The van der Waals surface area contributed by atoms with Gasteiger partial charge in [-0.15, -0.1) is 0 Å². The monoisotopic (exact) mass is 191 g/mol. The van der Waals surface area contributed by atoms with Crippen LogP contribution in [0.1, 0.15) is 6.92 Å². The van der Waals surface area contributed by atoms with Crippen LogP contribution >= 0.6 is 0 Å². The standard InChI is InChI=1S/C5H11NO.C2H2O4/c1-2-6-5-3-7-4-5;3-1(4)2(5)6/h5-6H,2-4H2,1H3;(H,3,4)(H,5,6). The van der Waals surface area contributed by atoms with E-state index in [-0.39, 0.29) is 0 Å². The molecule has 0 aliphatic carbocycles. The smallest absolute Gasteiger partial charge is 0.414 e. The fraction of sp³-hybridized carbons (Fsp3) is 0.714. The molecule has 0 radical (unpaired) electrons. The molecule has 0 unspecified atom stereocenters. The Labute approximate surface area is 75.5 Å². The highest BCUT2D eigenvalue weighted by atomic mass is 16.5. The predicted molar refractivity (Wildman–Crippen MR) is 43.6 cm³/mol. The van der Waals surface area contributed by atoms with Crippen molar-refractivity contribution in [2.45, 2.75) is 13.0 Å². The summed E-state index contributed by atoms with van der Waals surface area (Å²) in [6, 6.07) is 0.657. The van der Waals surface area contributed by atoms with Gasteiger partial charge in [-0.2, -0.15) is 0 Å². The van der Waals surface area contributed by atoms with Crippen molar-refractivity contribution in [1.29, 1.82) is 0 Å². The molecule has 3 N–H and O–H groups in total. The molecule has 0 aromatic rings. The van der Waals surface area contributed by atoms with Crippen molar-refractivity contribution < 1.29 is 24.5 Å². The second-order valence-corrected chi connectivity index (χ2v) is 2.40. The van der Waals surface area contributed by atoms with Gasteiger partial charge in [-0.25, -0.2) is 9.59 Å². The van der Waals surface area contributed by atoms with E-state index in [1.54, 1.807) is 0 Å². The number of carbonyl (C=O) groups is 2. The molecule has 1 saturated heterocycles. The average molecular weight is 191 g/mol. The normalized spacial score (nSPS) is 15.2. The minimum absolute atomic E-state index is 0.657. The molecule has 0 bridgehead atoms. The van der Waals surface area contributed by atoms with Gasteiger partial charge < -0.3 is 20.3 Å². The van der Waals surface area contributed by atoms with Crippen LogP contribution in [0.25, 0.3) is 0 Å². The van der Waals surface area contributed by atoms with Crippen molar-refractivity contribution in [2.24, 2.45) is 0 Å². The van der Waals surface area contributed by atoms with Crippen LogP contribution in [0.15, 0.2) is 0 Å². The lowest BCUT2D eigenvalue weighted by Crippen LogP contribution is -2.45. The molecule has 1 aliphatic rings. The van der Waals surface area contributed by atoms with Crippen molar-refractivity contribution >= 4 is 11.9 Å². The van der Waals surface area contributed by atoms with Crippen LogP contribution in [0.3, 0.4) is 0 Å². The van der Waals surface area contributed by atoms with E-state index >= 15 is 0 Å². The van der Waals surface area contributed by atoms with Crippen molar-refractivity contribution in [1.82, 2.24) is 5.32 Å². The molecule has 1 heterocycles. The maximum absolute atomic E-state index is 9.10. The average Bonchev–Trinajstić information content (AvgIpc) is 1.98. The Bertz CT molecular complexity index is 166. The summed E-state index contributed by atoms with van der Waals surface area (Å²) in [6.07, 6.45) is 0. The van der Waals surface area contributed by atoms with E-state index in [1.807, 2.05) is 0 Å². The van der Waals surface area contributed by atoms with Crippen LogP contribution in [0.2, 0.25) is 0 Å². The third-order valence-electron chi connectivity index (χ3n) is 1.31. The van der Waals surface area contributed by atoms with Gasteiger partial charge in [0.15, 0.2) is 0 Å². The third kappa shape index (κ3) is 6.06. The SMILES string of the molecule is CCNC1COC1.O=C(O)C(=O)O. The molecule has 0 saturated carbocycles. The Kier molecular flexibility index (Phi) is 5.82. The first-order chi connectivity index (χ1) is 6.07. The van der Waals surface area contributed by atoms with E-state index in [1.165, 1.54) is 0 Å². The summed E-state index contributed by atoms with van der Waals surface area (Å²) in [4.78, 5) is 18.2. The lowest BCUT2D eigenvalue weighted by atomic mass is 10.3. The molecule has 1 rings (SSSR count). The Balaban J connectivity index is 0.000000226. The molecule has 13 heavy (non-hydrogen) atoms. The van der Waals surface area contributed by atoms with Crippen LogP contribution < -0.4 is 5.32 Å². The van der Waals surface area contributed by atoms with Gasteiger partial charge in [-0.1, -0.05) is 6.92 Å².